The van der Waals surface area contributed by atoms with E-state index >= 15 is 0 Å². The van der Waals surface area contributed by atoms with Gasteiger partial charge in [0.25, 0.3) is 0 Å². The van der Waals surface area contributed by atoms with Crippen molar-refractivity contribution in [2.75, 3.05) is 81.8 Å². The summed E-state index contributed by atoms with van der Waals surface area (Å²) in [4.78, 5) is 29.2. The molecule has 0 bridgehead atoms. The summed E-state index contributed by atoms with van der Waals surface area (Å²) >= 11 is 12.5. The molecule has 0 atom stereocenters. The van der Waals surface area contributed by atoms with E-state index < -0.39 is 0 Å². The van der Waals surface area contributed by atoms with Crippen molar-refractivity contribution in [1.82, 2.24) is 14.9 Å². The number of piperazine rings is 1. The maximum absolute atomic E-state index is 13.1. The van der Waals surface area contributed by atoms with E-state index in [2.05, 4.69) is 15.1 Å². The molecule has 1 saturated carbocycles. The monoisotopic (exact) mass is 578 g/mol. The minimum absolute atomic E-state index is 0.190. The van der Waals surface area contributed by atoms with Crippen molar-refractivity contribution in [2.24, 2.45) is 5.92 Å². The number of halogens is 2. The quantitative estimate of drug-likeness (QED) is 0.387. The molecule has 0 spiro atoms. The number of nitrogens with zero attached hydrogens (tertiary/aromatic N) is 5. The number of benzene rings is 1. The Morgan fingerprint density at radius 3 is 2.33 bits per heavy atom. The Kier molecular flexibility index (Phi) is 11.3. The molecule has 0 radical (unpaired) electrons. The van der Waals surface area contributed by atoms with Crippen molar-refractivity contribution in [2.45, 2.75) is 38.6 Å². The molecule has 1 aromatic carbocycles. The van der Waals surface area contributed by atoms with Gasteiger partial charge in [-0.2, -0.15) is 9.97 Å². The zero-order chi connectivity index (χ0) is 27.6. The van der Waals surface area contributed by atoms with Crippen LogP contribution in [0.3, 0.4) is 0 Å². The summed E-state index contributed by atoms with van der Waals surface area (Å²) in [5.74, 6) is 2.63. The molecule has 11 heteroatoms. The first kappa shape index (κ1) is 29.6. The maximum Gasteiger partial charge on any atom is 0.229 e. The lowest BCUT2D eigenvalue weighted by molar-refractivity contribution is -0.136. The van der Waals surface area contributed by atoms with Gasteiger partial charge in [0.2, 0.25) is 11.9 Å². The fraction of sp³-hybridized carbons (Fsp3) is 0.607. The van der Waals surface area contributed by atoms with E-state index in [1.165, 1.54) is 6.42 Å². The molecule has 39 heavy (non-hydrogen) atoms. The van der Waals surface area contributed by atoms with E-state index in [1.54, 1.807) is 20.3 Å². The van der Waals surface area contributed by atoms with Crippen LogP contribution in [0.2, 0.25) is 10.0 Å². The Labute approximate surface area is 241 Å². The van der Waals surface area contributed by atoms with Crippen LogP contribution >= 0.6 is 23.2 Å². The van der Waals surface area contributed by atoms with E-state index in [9.17, 15) is 4.79 Å². The molecular formula is C28H40Cl2N6O3. The molecule has 1 N–H and O–H groups in total. The summed E-state index contributed by atoms with van der Waals surface area (Å²) in [6.07, 6.45) is 5.62. The van der Waals surface area contributed by atoms with E-state index in [0.29, 0.717) is 86.7 Å². The molecule has 1 amide bonds. The first-order chi connectivity index (χ1) is 19.0. The zero-order valence-electron chi connectivity index (χ0n) is 23.0. The number of hydrogen-bond acceptors (Lipinski definition) is 8. The molecule has 2 heterocycles. The number of amides is 1. The van der Waals surface area contributed by atoms with Crippen LogP contribution in [0.5, 0.6) is 0 Å². The smallest absolute Gasteiger partial charge is 0.229 e. The first-order valence-electron chi connectivity index (χ1n) is 13.8. The van der Waals surface area contributed by atoms with Gasteiger partial charge in [-0.3, -0.25) is 4.79 Å². The first-order valence-corrected chi connectivity index (χ1v) is 14.6. The van der Waals surface area contributed by atoms with Crippen molar-refractivity contribution < 1.29 is 14.3 Å². The topological polar surface area (TPSA) is 83.1 Å². The van der Waals surface area contributed by atoms with Crippen LogP contribution in [0.1, 0.15) is 37.7 Å². The van der Waals surface area contributed by atoms with Crippen LogP contribution in [-0.2, 0) is 20.8 Å². The van der Waals surface area contributed by atoms with Crippen molar-refractivity contribution in [3.63, 3.8) is 0 Å². The second-order valence-electron chi connectivity index (χ2n) is 10.1. The normalized spacial score (nSPS) is 16.4. The van der Waals surface area contributed by atoms with Crippen LogP contribution in [0, 0.1) is 5.92 Å². The van der Waals surface area contributed by atoms with E-state index in [4.69, 9.17) is 42.6 Å². The molecule has 4 rings (SSSR count). The number of rotatable bonds is 12. The number of carbonyl (C=O) groups is 1. The Balaban J connectivity index is 1.51. The summed E-state index contributed by atoms with van der Waals surface area (Å²) in [5, 5.41) is 4.62. The lowest BCUT2D eigenvalue weighted by Gasteiger charge is -2.37. The SMILES string of the molecule is COCCN(CCOC)c1cc(NCc2ccc(Cl)cc2Cl)nc(N2CCN(C(=O)C3CCCCC3)CC2)n1. The van der Waals surface area contributed by atoms with Crippen molar-refractivity contribution in [3.05, 3.63) is 39.9 Å². The van der Waals surface area contributed by atoms with Crippen LogP contribution in [0.4, 0.5) is 17.6 Å². The summed E-state index contributed by atoms with van der Waals surface area (Å²) in [5.41, 5.74) is 0.924. The molecule has 1 aliphatic heterocycles. The van der Waals surface area contributed by atoms with Gasteiger partial charge in [0.1, 0.15) is 11.6 Å². The van der Waals surface area contributed by atoms with Gasteiger partial charge in [-0.25, -0.2) is 0 Å². The average molecular weight is 580 g/mol. The highest BCUT2D eigenvalue weighted by atomic mass is 35.5. The highest BCUT2D eigenvalue weighted by Crippen LogP contribution is 2.27. The average Bonchev–Trinajstić information content (AvgIpc) is 2.97. The fourth-order valence-electron chi connectivity index (χ4n) is 5.15. The van der Waals surface area contributed by atoms with Gasteiger partial charge in [-0.05, 0) is 30.5 Å². The molecule has 1 aromatic heterocycles. The molecule has 214 valence electrons. The minimum atomic E-state index is 0.190. The Morgan fingerprint density at radius 1 is 1.00 bits per heavy atom. The molecular weight excluding hydrogens is 539 g/mol. The largest absolute Gasteiger partial charge is 0.383 e. The predicted octanol–water partition coefficient (Wildman–Crippen LogP) is 4.72. The predicted molar refractivity (Wildman–Crippen MR) is 157 cm³/mol. The van der Waals surface area contributed by atoms with Crippen LogP contribution in [-0.4, -0.2) is 87.5 Å². The summed E-state index contributed by atoms with van der Waals surface area (Å²) < 4.78 is 10.7. The fourth-order valence-corrected chi connectivity index (χ4v) is 5.62. The molecule has 2 fully saturated rings. The lowest BCUT2D eigenvalue weighted by atomic mass is 9.88. The van der Waals surface area contributed by atoms with Crippen molar-refractivity contribution in [3.8, 4) is 0 Å². The van der Waals surface area contributed by atoms with E-state index in [1.807, 2.05) is 23.1 Å². The lowest BCUT2D eigenvalue weighted by Crippen LogP contribution is -2.51. The second-order valence-corrected chi connectivity index (χ2v) is 11.0. The standard InChI is InChI=1S/C28H40Cl2N6O3/c1-38-16-14-34(15-17-39-2)26-19-25(31-20-22-8-9-23(29)18-24(22)30)32-28(33-26)36-12-10-35(11-13-36)27(37)21-6-4-3-5-7-21/h8-9,18-19,21H,3-7,10-17,20H2,1-2H3,(H,31,32,33). The van der Waals surface area contributed by atoms with Gasteiger partial charge in [0, 0.05) is 82.1 Å². The molecule has 0 unspecified atom stereocenters. The summed E-state index contributed by atoms with van der Waals surface area (Å²) in [7, 11) is 3.38. The summed E-state index contributed by atoms with van der Waals surface area (Å²) in [6.45, 7) is 5.71. The van der Waals surface area contributed by atoms with Crippen LogP contribution in [0.25, 0.3) is 0 Å². The minimum Gasteiger partial charge on any atom is -0.383 e. The number of aromatic nitrogens is 2. The van der Waals surface area contributed by atoms with Crippen LogP contribution in [0.15, 0.2) is 24.3 Å². The van der Waals surface area contributed by atoms with E-state index in [0.717, 1.165) is 37.1 Å². The molecule has 9 nitrogen and oxygen atoms in total. The maximum atomic E-state index is 13.1. The van der Waals surface area contributed by atoms with Gasteiger partial charge in [-0.1, -0.05) is 48.5 Å². The number of carbonyl (C=O) groups excluding carboxylic acids is 1. The third kappa shape index (κ3) is 8.33. The highest BCUT2D eigenvalue weighted by molar-refractivity contribution is 6.35. The molecule has 1 saturated heterocycles. The second kappa shape index (κ2) is 14.9. The Hall–Kier alpha value is -2.33. The number of ether oxygens (including phenoxy) is 2. The highest BCUT2D eigenvalue weighted by Gasteiger charge is 2.29. The van der Waals surface area contributed by atoms with Gasteiger partial charge < -0.3 is 29.5 Å². The number of hydrogen-bond donors (Lipinski definition) is 1. The number of nitrogens with one attached hydrogen (secondary N) is 1. The third-order valence-corrected chi connectivity index (χ3v) is 8.05. The molecule has 2 aromatic rings. The van der Waals surface area contributed by atoms with Gasteiger partial charge in [0.05, 0.1) is 13.2 Å². The Bertz CT molecular complexity index is 1070. The van der Waals surface area contributed by atoms with Gasteiger partial charge in [0.15, 0.2) is 0 Å². The van der Waals surface area contributed by atoms with Gasteiger partial charge in [-0.15, -0.1) is 0 Å². The zero-order valence-corrected chi connectivity index (χ0v) is 24.5. The molecule has 1 aliphatic carbocycles. The summed E-state index contributed by atoms with van der Waals surface area (Å²) in [6, 6.07) is 7.42. The Morgan fingerprint density at radius 2 is 1.69 bits per heavy atom. The number of methoxy groups -OCH3 is 2. The number of anilines is 3. The van der Waals surface area contributed by atoms with Gasteiger partial charge >= 0.3 is 0 Å². The van der Waals surface area contributed by atoms with Crippen molar-refractivity contribution in [1.29, 1.82) is 0 Å². The molecule has 2 aliphatic rings. The third-order valence-electron chi connectivity index (χ3n) is 7.46. The van der Waals surface area contributed by atoms with E-state index in [-0.39, 0.29) is 5.92 Å². The van der Waals surface area contributed by atoms with Crippen LogP contribution < -0.4 is 15.1 Å². The van der Waals surface area contributed by atoms with Crippen molar-refractivity contribution >= 4 is 46.7 Å².